The van der Waals surface area contributed by atoms with Crippen molar-refractivity contribution >= 4 is 30.1 Å². The molecule has 2 heterocycles. The van der Waals surface area contributed by atoms with Gasteiger partial charge in [-0.05, 0) is 13.8 Å². The monoisotopic (exact) mass is 294 g/mol. The van der Waals surface area contributed by atoms with Crippen LogP contribution in [0.5, 0.6) is 0 Å². The molecule has 0 radical (unpaired) electrons. The lowest BCUT2D eigenvalue weighted by Crippen LogP contribution is -2.49. The fraction of sp³-hybridized carbons (Fsp3) is 0.917. The molecule has 106 valence electrons. The minimum Gasteiger partial charge on any atom is -0.378 e. The molecule has 2 aliphatic heterocycles. The number of hydrogen-bond acceptors (Lipinski definition) is 4. The summed E-state index contributed by atoms with van der Waals surface area (Å²) in [4.78, 5) is 14.2. The van der Waals surface area contributed by atoms with E-state index in [0.717, 1.165) is 32.0 Å². The van der Waals surface area contributed by atoms with Crippen LogP contribution in [0.1, 0.15) is 20.3 Å². The number of rotatable bonds is 2. The molecule has 1 atom stereocenters. The lowest BCUT2D eigenvalue weighted by Gasteiger charge is -2.38. The third-order valence-electron chi connectivity index (χ3n) is 3.20. The molecule has 0 saturated carbocycles. The molecule has 2 aliphatic rings. The Kier molecular flexibility index (Phi) is 6.24. The fourth-order valence-corrected chi connectivity index (χ4v) is 3.43. The Morgan fingerprint density at radius 3 is 2.94 bits per heavy atom. The SMILES string of the molecule is CC1(C)CN(C(=O)CC2COCCN2)CCS1.Cl. The van der Waals surface area contributed by atoms with Crippen molar-refractivity contribution in [2.24, 2.45) is 0 Å². The summed E-state index contributed by atoms with van der Waals surface area (Å²) in [5.41, 5.74) is 0. The molecule has 4 nitrogen and oxygen atoms in total. The van der Waals surface area contributed by atoms with Gasteiger partial charge in [0.1, 0.15) is 0 Å². The Bertz CT molecular complexity index is 283. The van der Waals surface area contributed by atoms with Crippen LogP contribution in [0, 0.1) is 0 Å². The van der Waals surface area contributed by atoms with Crippen molar-refractivity contribution in [3.05, 3.63) is 0 Å². The molecule has 18 heavy (non-hydrogen) atoms. The third kappa shape index (κ3) is 4.61. The maximum absolute atomic E-state index is 12.2. The van der Waals surface area contributed by atoms with E-state index >= 15 is 0 Å². The number of carbonyl (C=O) groups is 1. The van der Waals surface area contributed by atoms with Gasteiger partial charge in [-0.2, -0.15) is 11.8 Å². The molecule has 0 spiro atoms. The smallest absolute Gasteiger partial charge is 0.224 e. The average molecular weight is 295 g/mol. The number of amides is 1. The zero-order valence-corrected chi connectivity index (χ0v) is 12.7. The quantitative estimate of drug-likeness (QED) is 0.829. The van der Waals surface area contributed by atoms with Gasteiger partial charge in [-0.15, -0.1) is 12.4 Å². The first kappa shape index (κ1) is 16.1. The van der Waals surface area contributed by atoms with E-state index in [-0.39, 0.29) is 29.1 Å². The van der Waals surface area contributed by atoms with Gasteiger partial charge in [0.2, 0.25) is 5.91 Å². The normalized spacial score (nSPS) is 27.4. The number of nitrogens with one attached hydrogen (secondary N) is 1. The van der Waals surface area contributed by atoms with Crippen molar-refractivity contribution in [2.45, 2.75) is 31.1 Å². The zero-order chi connectivity index (χ0) is 12.3. The Hall–Kier alpha value is 0.0300. The number of nitrogens with zero attached hydrogens (tertiary/aromatic N) is 1. The van der Waals surface area contributed by atoms with Gasteiger partial charge in [-0.1, -0.05) is 0 Å². The molecular formula is C12H23ClN2O2S. The highest BCUT2D eigenvalue weighted by Gasteiger charge is 2.30. The van der Waals surface area contributed by atoms with Crippen molar-refractivity contribution in [1.82, 2.24) is 10.2 Å². The summed E-state index contributed by atoms with van der Waals surface area (Å²) in [5, 5.41) is 3.33. The second-order valence-electron chi connectivity index (χ2n) is 5.35. The van der Waals surface area contributed by atoms with Crippen molar-refractivity contribution < 1.29 is 9.53 Å². The number of ether oxygens (including phenoxy) is 1. The Labute approximate surface area is 120 Å². The van der Waals surface area contributed by atoms with Gasteiger partial charge in [-0.3, -0.25) is 4.79 Å². The summed E-state index contributed by atoms with van der Waals surface area (Å²) in [6.07, 6.45) is 0.570. The third-order valence-corrected chi connectivity index (χ3v) is 4.50. The van der Waals surface area contributed by atoms with Crippen LogP contribution in [0.3, 0.4) is 0 Å². The molecule has 1 unspecified atom stereocenters. The van der Waals surface area contributed by atoms with Gasteiger partial charge in [0, 0.05) is 42.6 Å². The van der Waals surface area contributed by atoms with Crippen molar-refractivity contribution in [1.29, 1.82) is 0 Å². The van der Waals surface area contributed by atoms with E-state index in [0.29, 0.717) is 13.0 Å². The van der Waals surface area contributed by atoms with Gasteiger partial charge in [-0.25, -0.2) is 0 Å². The Balaban J connectivity index is 0.00000162. The molecule has 1 amide bonds. The number of hydrogen-bond donors (Lipinski definition) is 1. The maximum Gasteiger partial charge on any atom is 0.224 e. The van der Waals surface area contributed by atoms with Gasteiger partial charge in [0.25, 0.3) is 0 Å². The van der Waals surface area contributed by atoms with Gasteiger partial charge in [0.05, 0.1) is 13.2 Å². The first-order valence-corrected chi connectivity index (χ1v) is 7.28. The molecular weight excluding hydrogens is 272 g/mol. The van der Waals surface area contributed by atoms with Gasteiger partial charge < -0.3 is 15.0 Å². The molecule has 6 heteroatoms. The van der Waals surface area contributed by atoms with Crippen LogP contribution in [-0.2, 0) is 9.53 Å². The van der Waals surface area contributed by atoms with Crippen LogP contribution in [0.4, 0.5) is 0 Å². The molecule has 1 N–H and O–H groups in total. The first-order chi connectivity index (χ1) is 8.07. The summed E-state index contributed by atoms with van der Waals surface area (Å²) in [6.45, 7) is 8.46. The highest BCUT2D eigenvalue weighted by Crippen LogP contribution is 2.29. The summed E-state index contributed by atoms with van der Waals surface area (Å²) in [5.74, 6) is 1.31. The minimum atomic E-state index is 0. The van der Waals surface area contributed by atoms with Gasteiger partial charge >= 0.3 is 0 Å². The largest absolute Gasteiger partial charge is 0.378 e. The molecule has 0 aromatic rings. The maximum atomic E-state index is 12.2. The number of carbonyl (C=O) groups excluding carboxylic acids is 1. The topological polar surface area (TPSA) is 41.6 Å². The second-order valence-corrected chi connectivity index (χ2v) is 7.16. The molecule has 0 bridgehead atoms. The molecule has 2 fully saturated rings. The van der Waals surface area contributed by atoms with Crippen LogP contribution in [-0.4, -0.2) is 60.2 Å². The highest BCUT2D eigenvalue weighted by molar-refractivity contribution is 8.00. The van der Waals surface area contributed by atoms with E-state index in [2.05, 4.69) is 19.2 Å². The van der Waals surface area contributed by atoms with Crippen LogP contribution in [0.25, 0.3) is 0 Å². The van der Waals surface area contributed by atoms with Crippen molar-refractivity contribution in [2.75, 3.05) is 38.6 Å². The number of thioether (sulfide) groups is 1. The molecule has 2 rings (SSSR count). The molecule has 0 aromatic carbocycles. The number of halogens is 1. The van der Waals surface area contributed by atoms with Crippen molar-refractivity contribution in [3.8, 4) is 0 Å². The summed E-state index contributed by atoms with van der Waals surface area (Å²) in [6, 6.07) is 0.203. The highest BCUT2D eigenvalue weighted by atomic mass is 35.5. The van der Waals surface area contributed by atoms with Crippen LogP contribution in [0.15, 0.2) is 0 Å². The van der Waals surface area contributed by atoms with Gasteiger partial charge in [0.15, 0.2) is 0 Å². The fourth-order valence-electron chi connectivity index (χ4n) is 2.32. The Morgan fingerprint density at radius 1 is 1.56 bits per heavy atom. The minimum absolute atomic E-state index is 0. The van der Waals surface area contributed by atoms with Crippen LogP contribution < -0.4 is 5.32 Å². The predicted molar refractivity (Wildman–Crippen MR) is 77.6 cm³/mol. The molecule has 0 aliphatic carbocycles. The lowest BCUT2D eigenvalue weighted by atomic mass is 10.1. The van der Waals surface area contributed by atoms with Crippen LogP contribution in [0.2, 0.25) is 0 Å². The lowest BCUT2D eigenvalue weighted by molar-refractivity contribution is -0.132. The first-order valence-electron chi connectivity index (χ1n) is 6.30. The summed E-state index contributed by atoms with van der Waals surface area (Å²) >= 11 is 1.95. The predicted octanol–water partition coefficient (Wildman–Crippen LogP) is 1.14. The Morgan fingerprint density at radius 2 is 2.33 bits per heavy atom. The average Bonchev–Trinajstić information content (AvgIpc) is 2.29. The van der Waals surface area contributed by atoms with Crippen LogP contribution >= 0.6 is 24.2 Å². The van der Waals surface area contributed by atoms with E-state index in [1.165, 1.54) is 0 Å². The second kappa shape index (κ2) is 6.98. The summed E-state index contributed by atoms with van der Waals surface area (Å²) in [7, 11) is 0. The van der Waals surface area contributed by atoms with E-state index in [9.17, 15) is 4.79 Å². The van der Waals surface area contributed by atoms with E-state index in [1.807, 2.05) is 16.7 Å². The standard InChI is InChI=1S/C12H22N2O2S.ClH/c1-12(2)9-14(4-6-17-12)11(15)7-10-8-16-5-3-13-10;/h10,13H,3-9H2,1-2H3;1H. The van der Waals surface area contributed by atoms with E-state index in [1.54, 1.807) is 0 Å². The molecule has 2 saturated heterocycles. The summed E-state index contributed by atoms with van der Waals surface area (Å²) < 4.78 is 5.57. The zero-order valence-electron chi connectivity index (χ0n) is 11.1. The van der Waals surface area contributed by atoms with Crippen molar-refractivity contribution in [3.63, 3.8) is 0 Å². The van der Waals surface area contributed by atoms with E-state index in [4.69, 9.17) is 4.74 Å². The number of morpholine rings is 1. The molecule has 0 aromatic heterocycles. The van der Waals surface area contributed by atoms with E-state index < -0.39 is 0 Å².